The first-order valence-corrected chi connectivity index (χ1v) is 5.93. The third-order valence-corrected chi connectivity index (χ3v) is 2.97. The Bertz CT molecular complexity index is 291. The van der Waals surface area contributed by atoms with Crippen LogP contribution in [0, 0.1) is 0 Å². The molecule has 0 radical (unpaired) electrons. The van der Waals surface area contributed by atoms with E-state index in [2.05, 4.69) is 15.1 Å². The van der Waals surface area contributed by atoms with Gasteiger partial charge in [0.05, 0.1) is 5.69 Å². The Kier molecular flexibility index (Phi) is 3.92. The second kappa shape index (κ2) is 5.42. The number of hydrogen-bond acceptors (Lipinski definition) is 3. The molecular formula is C11H16ClN3. The molecule has 1 aliphatic heterocycles. The van der Waals surface area contributed by atoms with E-state index < -0.39 is 0 Å². The van der Waals surface area contributed by atoms with Gasteiger partial charge in [-0.15, -0.1) is 5.10 Å². The van der Waals surface area contributed by atoms with E-state index in [-0.39, 0.29) is 0 Å². The van der Waals surface area contributed by atoms with Gasteiger partial charge in [-0.3, -0.25) is 4.90 Å². The lowest BCUT2D eigenvalue weighted by atomic mass is 10.2. The molecule has 1 fully saturated rings. The summed E-state index contributed by atoms with van der Waals surface area (Å²) in [6.45, 7) is 3.28. The summed E-state index contributed by atoms with van der Waals surface area (Å²) in [6.07, 6.45) is 5.34. The van der Waals surface area contributed by atoms with Crippen LogP contribution in [-0.4, -0.2) is 28.2 Å². The molecule has 82 valence electrons. The topological polar surface area (TPSA) is 29.0 Å². The maximum absolute atomic E-state index is 5.69. The predicted octanol–water partition coefficient (Wildman–Crippen LogP) is 2.51. The van der Waals surface area contributed by atoms with E-state index in [0.29, 0.717) is 5.15 Å². The average Bonchev–Trinajstić information content (AvgIpc) is 2.50. The number of aromatic nitrogens is 2. The molecule has 3 nitrogen and oxygen atoms in total. The molecule has 2 rings (SSSR count). The van der Waals surface area contributed by atoms with Gasteiger partial charge in [0.2, 0.25) is 0 Å². The predicted molar refractivity (Wildman–Crippen MR) is 60.8 cm³/mol. The van der Waals surface area contributed by atoms with Gasteiger partial charge in [0.1, 0.15) is 0 Å². The van der Waals surface area contributed by atoms with Crippen LogP contribution in [0.2, 0.25) is 5.15 Å². The maximum atomic E-state index is 5.69. The first kappa shape index (κ1) is 10.8. The van der Waals surface area contributed by atoms with Crippen LogP contribution in [0.25, 0.3) is 0 Å². The molecule has 0 aliphatic carbocycles. The molecule has 4 heteroatoms. The molecule has 0 N–H and O–H groups in total. The molecular weight excluding hydrogens is 210 g/mol. The Morgan fingerprint density at radius 1 is 1.07 bits per heavy atom. The molecule has 2 heterocycles. The van der Waals surface area contributed by atoms with Crippen molar-refractivity contribution in [1.29, 1.82) is 0 Å². The Morgan fingerprint density at radius 2 is 1.80 bits per heavy atom. The van der Waals surface area contributed by atoms with Gasteiger partial charge >= 0.3 is 0 Å². The van der Waals surface area contributed by atoms with E-state index in [1.54, 1.807) is 0 Å². The van der Waals surface area contributed by atoms with Crippen molar-refractivity contribution in [3.8, 4) is 0 Å². The monoisotopic (exact) mass is 225 g/mol. The number of hydrogen-bond donors (Lipinski definition) is 0. The molecule has 0 aromatic carbocycles. The van der Waals surface area contributed by atoms with Crippen molar-refractivity contribution in [1.82, 2.24) is 15.1 Å². The Morgan fingerprint density at radius 3 is 2.40 bits per heavy atom. The minimum atomic E-state index is 0.467. The summed E-state index contributed by atoms with van der Waals surface area (Å²) in [7, 11) is 0. The number of halogens is 1. The van der Waals surface area contributed by atoms with Gasteiger partial charge in [0.15, 0.2) is 5.15 Å². The van der Waals surface area contributed by atoms with Crippen LogP contribution in [0.1, 0.15) is 31.4 Å². The second-order valence-electron chi connectivity index (χ2n) is 4.04. The van der Waals surface area contributed by atoms with Crippen molar-refractivity contribution in [2.75, 3.05) is 13.1 Å². The number of rotatable bonds is 2. The highest BCUT2D eigenvalue weighted by Gasteiger charge is 2.09. The summed E-state index contributed by atoms with van der Waals surface area (Å²) < 4.78 is 0. The molecule has 15 heavy (non-hydrogen) atoms. The number of nitrogens with zero attached hydrogens (tertiary/aromatic N) is 3. The van der Waals surface area contributed by atoms with Gasteiger partial charge in [-0.25, -0.2) is 0 Å². The Balaban J connectivity index is 1.92. The molecule has 0 amide bonds. The normalized spacial score (nSPS) is 18.7. The van der Waals surface area contributed by atoms with E-state index in [4.69, 9.17) is 11.6 Å². The average molecular weight is 226 g/mol. The summed E-state index contributed by atoms with van der Waals surface area (Å²) >= 11 is 5.69. The van der Waals surface area contributed by atoms with Crippen LogP contribution in [0.5, 0.6) is 0 Å². The fraction of sp³-hybridized carbons (Fsp3) is 0.636. The lowest BCUT2D eigenvalue weighted by Crippen LogP contribution is -2.24. The molecule has 1 aromatic heterocycles. The summed E-state index contributed by atoms with van der Waals surface area (Å²) in [5.74, 6) is 0. The van der Waals surface area contributed by atoms with Gasteiger partial charge in [0.25, 0.3) is 0 Å². The summed E-state index contributed by atoms with van der Waals surface area (Å²) in [5, 5.41) is 8.40. The third kappa shape index (κ3) is 3.43. The van der Waals surface area contributed by atoms with Crippen molar-refractivity contribution in [2.24, 2.45) is 0 Å². The SMILES string of the molecule is Clc1ccc(CN2CCCCCC2)nn1. The van der Waals surface area contributed by atoms with Crippen molar-refractivity contribution in [2.45, 2.75) is 32.2 Å². The molecule has 0 atom stereocenters. The van der Waals surface area contributed by atoms with Crippen LogP contribution in [0.15, 0.2) is 12.1 Å². The van der Waals surface area contributed by atoms with Crippen molar-refractivity contribution in [3.63, 3.8) is 0 Å². The molecule has 0 spiro atoms. The Hall–Kier alpha value is -0.670. The van der Waals surface area contributed by atoms with E-state index >= 15 is 0 Å². The highest BCUT2D eigenvalue weighted by molar-refractivity contribution is 6.29. The molecule has 0 saturated carbocycles. The standard InChI is InChI=1S/C11H16ClN3/c12-11-6-5-10(13-14-11)9-15-7-3-1-2-4-8-15/h5-6H,1-4,7-9H2. The molecule has 0 unspecified atom stereocenters. The zero-order chi connectivity index (χ0) is 10.5. The van der Waals surface area contributed by atoms with Gasteiger partial charge in [0, 0.05) is 6.54 Å². The van der Waals surface area contributed by atoms with Gasteiger partial charge in [-0.1, -0.05) is 24.4 Å². The lowest BCUT2D eigenvalue weighted by molar-refractivity contribution is 0.273. The van der Waals surface area contributed by atoms with Crippen molar-refractivity contribution < 1.29 is 0 Å². The zero-order valence-electron chi connectivity index (χ0n) is 8.82. The van der Waals surface area contributed by atoms with Crippen LogP contribution >= 0.6 is 11.6 Å². The second-order valence-corrected chi connectivity index (χ2v) is 4.43. The van der Waals surface area contributed by atoms with Crippen molar-refractivity contribution in [3.05, 3.63) is 23.0 Å². The summed E-state index contributed by atoms with van der Waals surface area (Å²) in [6, 6.07) is 3.77. The van der Waals surface area contributed by atoms with Gasteiger partial charge in [-0.2, -0.15) is 5.10 Å². The lowest BCUT2D eigenvalue weighted by Gasteiger charge is -2.18. The minimum Gasteiger partial charge on any atom is -0.297 e. The molecule has 1 aliphatic rings. The van der Waals surface area contributed by atoms with E-state index in [9.17, 15) is 0 Å². The summed E-state index contributed by atoms with van der Waals surface area (Å²) in [5.41, 5.74) is 1.02. The van der Waals surface area contributed by atoms with E-state index in [0.717, 1.165) is 12.2 Å². The fourth-order valence-corrected chi connectivity index (χ4v) is 2.05. The first-order chi connectivity index (χ1) is 7.34. The minimum absolute atomic E-state index is 0.467. The fourth-order valence-electron chi connectivity index (χ4n) is 1.95. The van der Waals surface area contributed by atoms with Gasteiger partial charge in [-0.05, 0) is 38.1 Å². The number of likely N-dealkylation sites (tertiary alicyclic amines) is 1. The quantitative estimate of drug-likeness (QED) is 0.775. The Labute approximate surface area is 95.5 Å². The van der Waals surface area contributed by atoms with Crippen molar-refractivity contribution >= 4 is 11.6 Å². The molecule has 1 aromatic rings. The van der Waals surface area contributed by atoms with E-state index in [1.807, 2.05) is 12.1 Å². The van der Waals surface area contributed by atoms with Crippen LogP contribution in [-0.2, 0) is 6.54 Å². The highest BCUT2D eigenvalue weighted by Crippen LogP contribution is 2.12. The maximum Gasteiger partial charge on any atom is 0.151 e. The van der Waals surface area contributed by atoms with Crippen LogP contribution < -0.4 is 0 Å². The molecule has 0 bridgehead atoms. The first-order valence-electron chi connectivity index (χ1n) is 5.55. The summed E-state index contributed by atoms with van der Waals surface area (Å²) in [4.78, 5) is 2.45. The van der Waals surface area contributed by atoms with E-state index in [1.165, 1.54) is 38.8 Å². The third-order valence-electron chi connectivity index (χ3n) is 2.77. The van der Waals surface area contributed by atoms with Crippen LogP contribution in [0.3, 0.4) is 0 Å². The zero-order valence-corrected chi connectivity index (χ0v) is 9.58. The highest BCUT2D eigenvalue weighted by atomic mass is 35.5. The molecule has 1 saturated heterocycles. The largest absolute Gasteiger partial charge is 0.297 e. The van der Waals surface area contributed by atoms with Gasteiger partial charge < -0.3 is 0 Å². The smallest absolute Gasteiger partial charge is 0.151 e. The van der Waals surface area contributed by atoms with Crippen LogP contribution in [0.4, 0.5) is 0 Å².